The van der Waals surface area contributed by atoms with Gasteiger partial charge in [-0.25, -0.2) is 9.97 Å². The fraction of sp³-hybridized carbons (Fsp3) is 0.118. The van der Waals surface area contributed by atoms with Gasteiger partial charge in [0.1, 0.15) is 11.0 Å². The lowest BCUT2D eigenvalue weighted by Crippen LogP contribution is -1.99. The van der Waals surface area contributed by atoms with E-state index in [1.807, 2.05) is 35.7 Å². The van der Waals surface area contributed by atoms with E-state index < -0.39 is 0 Å². The molecular formula is C17H15N5O2S. The second-order valence-corrected chi connectivity index (χ2v) is 6.15. The van der Waals surface area contributed by atoms with E-state index in [1.165, 1.54) is 0 Å². The van der Waals surface area contributed by atoms with Crippen molar-refractivity contribution in [3.05, 3.63) is 41.9 Å². The van der Waals surface area contributed by atoms with Crippen LogP contribution in [0.25, 0.3) is 21.7 Å². The summed E-state index contributed by atoms with van der Waals surface area (Å²) in [5, 5.41) is 12.3. The maximum absolute atomic E-state index is 5.35. The molecule has 0 amide bonds. The lowest BCUT2D eigenvalue weighted by atomic mass is 10.2. The van der Waals surface area contributed by atoms with Crippen molar-refractivity contribution in [3.8, 4) is 22.2 Å². The first-order valence-corrected chi connectivity index (χ1v) is 8.40. The standard InChI is InChI=1S/C17H15N5O2S/c1-23-12-6-5-10(8-13(12)24-2)19-17-15-11(9-18-22-15)20-16(21-17)14-4-3-7-25-14/h3-9H,1-2H3,(H,18,22)(H,19,20,21). The normalized spacial score (nSPS) is 10.8. The first-order chi connectivity index (χ1) is 12.3. The number of thiophene rings is 1. The van der Waals surface area contributed by atoms with Gasteiger partial charge in [0.25, 0.3) is 0 Å². The molecule has 0 radical (unpaired) electrons. The fourth-order valence-electron chi connectivity index (χ4n) is 2.50. The number of hydrogen-bond acceptors (Lipinski definition) is 7. The van der Waals surface area contributed by atoms with Crippen LogP contribution in [0.3, 0.4) is 0 Å². The molecule has 4 rings (SSSR count). The molecule has 0 atom stereocenters. The number of benzene rings is 1. The van der Waals surface area contributed by atoms with Crippen molar-refractivity contribution in [1.82, 2.24) is 20.2 Å². The van der Waals surface area contributed by atoms with Gasteiger partial charge in [0, 0.05) is 11.8 Å². The van der Waals surface area contributed by atoms with Gasteiger partial charge in [-0.3, -0.25) is 5.10 Å². The van der Waals surface area contributed by atoms with Crippen LogP contribution in [-0.4, -0.2) is 34.4 Å². The lowest BCUT2D eigenvalue weighted by molar-refractivity contribution is 0.355. The van der Waals surface area contributed by atoms with Crippen molar-refractivity contribution in [2.75, 3.05) is 19.5 Å². The van der Waals surface area contributed by atoms with Gasteiger partial charge < -0.3 is 14.8 Å². The molecule has 3 heterocycles. The maximum Gasteiger partial charge on any atom is 0.172 e. The third-order valence-corrected chi connectivity index (χ3v) is 4.55. The molecule has 0 spiro atoms. The maximum atomic E-state index is 5.35. The quantitative estimate of drug-likeness (QED) is 0.567. The zero-order valence-electron chi connectivity index (χ0n) is 13.6. The van der Waals surface area contributed by atoms with Crippen molar-refractivity contribution in [1.29, 1.82) is 0 Å². The molecular weight excluding hydrogens is 338 g/mol. The molecule has 0 aliphatic carbocycles. The minimum atomic E-state index is 0.640. The van der Waals surface area contributed by atoms with E-state index >= 15 is 0 Å². The molecule has 126 valence electrons. The molecule has 3 aromatic heterocycles. The zero-order chi connectivity index (χ0) is 17.2. The predicted octanol–water partition coefficient (Wildman–Crippen LogP) is 3.84. The van der Waals surface area contributed by atoms with Crippen LogP contribution in [0.2, 0.25) is 0 Å². The Labute approximate surface area is 147 Å². The Hall–Kier alpha value is -3.13. The Balaban J connectivity index is 1.77. The van der Waals surface area contributed by atoms with Crippen LogP contribution in [-0.2, 0) is 0 Å². The number of aromatic nitrogens is 4. The number of H-pyrrole nitrogens is 1. The van der Waals surface area contributed by atoms with Gasteiger partial charge in [-0.05, 0) is 23.6 Å². The summed E-state index contributed by atoms with van der Waals surface area (Å²) in [5.74, 6) is 2.62. The van der Waals surface area contributed by atoms with Gasteiger partial charge >= 0.3 is 0 Å². The van der Waals surface area contributed by atoms with Crippen LogP contribution in [0.1, 0.15) is 0 Å². The molecule has 25 heavy (non-hydrogen) atoms. The molecule has 0 saturated carbocycles. The molecule has 0 bridgehead atoms. The average molecular weight is 353 g/mol. The van der Waals surface area contributed by atoms with E-state index in [1.54, 1.807) is 31.8 Å². The molecule has 4 aromatic rings. The molecule has 0 aliphatic heterocycles. The van der Waals surface area contributed by atoms with Crippen LogP contribution >= 0.6 is 11.3 Å². The minimum absolute atomic E-state index is 0.640. The van der Waals surface area contributed by atoms with Crippen LogP contribution in [0, 0.1) is 0 Å². The van der Waals surface area contributed by atoms with Gasteiger partial charge in [-0.1, -0.05) is 6.07 Å². The summed E-state index contributed by atoms with van der Waals surface area (Å²) in [4.78, 5) is 10.2. The summed E-state index contributed by atoms with van der Waals surface area (Å²) in [6, 6.07) is 9.56. The Morgan fingerprint density at radius 3 is 2.72 bits per heavy atom. The van der Waals surface area contributed by atoms with E-state index in [2.05, 4.69) is 25.5 Å². The van der Waals surface area contributed by atoms with Crippen molar-refractivity contribution in [2.24, 2.45) is 0 Å². The molecule has 1 aromatic carbocycles. The van der Waals surface area contributed by atoms with Crippen molar-refractivity contribution < 1.29 is 9.47 Å². The van der Waals surface area contributed by atoms with E-state index in [0.29, 0.717) is 23.1 Å². The number of anilines is 2. The first-order valence-electron chi connectivity index (χ1n) is 7.52. The van der Waals surface area contributed by atoms with Crippen molar-refractivity contribution >= 4 is 33.9 Å². The Kier molecular flexibility index (Phi) is 3.95. The molecule has 0 fully saturated rings. The van der Waals surface area contributed by atoms with Crippen LogP contribution < -0.4 is 14.8 Å². The molecule has 2 N–H and O–H groups in total. The molecule has 0 aliphatic rings. The molecule has 8 heteroatoms. The number of hydrogen-bond donors (Lipinski definition) is 2. The Morgan fingerprint density at radius 2 is 1.96 bits per heavy atom. The summed E-state index contributed by atoms with van der Waals surface area (Å²) >= 11 is 1.59. The average Bonchev–Trinajstić information content (AvgIpc) is 3.33. The smallest absolute Gasteiger partial charge is 0.172 e. The van der Waals surface area contributed by atoms with Gasteiger partial charge in [0.2, 0.25) is 0 Å². The highest BCUT2D eigenvalue weighted by Crippen LogP contribution is 2.32. The highest BCUT2D eigenvalue weighted by molar-refractivity contribution is 7.13. The van der Waals surface area contributed by atoms with Crippen LogP contribution in [0.5, 0.6) is 11.5 Å². The molecule has 0 unspecified atom stereocenters. The van der Waals surface area contributed by atoms with Gasteiger partial charge in [-0.2, -0.15) is 5.10 Å². The molecule has 0 saturated heterocycles. The summed E-state index contributed by atoms with van der Waals surface area (Å²) in [7, 11) is 3.21. The SMILES string of the molecule is COc1ccc(Nc2nc(-c3cccs3)nc3cn[nH]c23)cc1OC. The van der Waals surface area contributed by atoms with E-state index in [9.17, 15) is 0 Å². The summed E-state index contributed by atoms with van der Waals surface area (Å²) in [6.45, 7) is 0. The van der Waals surface area contributed by atoms with E-state index in [0.717, 1.165) is 21.6 Å². The Bertz CT molecular complexity index is 1010. The number of aromatic amines is 1. The third kappa shape index (κ3) is 2.87. The number of ether oxygens (including phenoxy) is 2. The summed E-state index contributed by atoms with van der Waals surface area (Å²) in [5.41, 5.74) is 2.32. The van der Waals surface area contributed by atoms with Crippen molar-refractivity contribution in [2.45, 2.75) is 0 Å². The summed E-state index contributed by atoms with van der Waals surface area (Å²) in [6.07, 6.45) is 1.69. The highest BCUT2D eigenvalue weighted by atomic mass is 32.1. The van der Waals surface area contributed by atoms with E-state index in [-0.39, 0.29) is 0 Å². The number of rotatable bonds is 5. The lowest BCUT2D eigenvalue weighted by Gasteiger charge is -2.11. The third-order valence-electron chi connectivity index (χ3n) is 3.69. The topological polar surface area (TPSA) is 85.0 Å². The number of methoxy groups -OCH3 is 2. The van der Waals surface area contributed by atoms with Crippen LogP contribution in [0.4, 0.5) is 11.5 Å². The monoisotopic (exact) mass is 353 g/mol. The fourth-order valence-corrected chi connectivity index (χ4v) is 3.15. The Morgan fingerprint density at radius 1 is 1.08 bits per heavy atom. The number of fused-ring (bicyclic) bond motifs is 1. The molecule has 7 nitrogen and oxygen atoms in total. The van der Waals surface area contributed by atoms with Gasteiger partial charge in [0.05, 0.1) is 25.3 Å². The summed E-state index contributed by atoms with van der Waals surface area (Å²) < 4.78 is 10.6. The van der Waals surface area contributed by atoms with E-state index in [4.69, 9.17) is 9.47 Å². The highest BCUT2D eigenvalue weighted by Gasteiger charge is 2.13. The number of nitrogens with one attached hydrogen (secondary N) is 2. The van der Waals surface area contributed by atoms with Crippen molar-refractivity contribution in [3.63, 3.8) is 0 Å². The minimum Gasteiger partial charge on any atom is -0.493 e. The largest absolute Gasteiger partial charge is 0.493 e. The second-order valence-electron chi connectivity index (χ2n) is 5.20. The second kappa shape index (κ2) is 6.40. The predicted molar refractivity (Wildman–Crippen MR) is 97.8 cm³/mol. The van der Waals surface area contributed by atoms with Crippen LogP contribution in [0.15, 0.2) is 41.9 Å². The number of nitrogens with zero attached hydrogens (tertiary/aromatic N) is 3. The zero-order valence-corrected chi connectivity index (χ0v) is 14.4. The first kappa shape index (κ1) is 15.4. The van der Waals surface area contributed by atoms with Gasteiger partial charge in [0.15, 0.2) is 23.1 Å². The van der Waals surface area contributed by atoms with Gasteiger partial charge in [-0.15, -0.1) is 11.3 Å².